The molecular formula is C34H37ClN6O6. The Kier molecular flexibility index (Phi) is 11.3. The van der Waals surface area contributed by atoms with Crippen LogP contribution in [0.25, 0.3) is 11.0 Å². The number of fused-ring (bicyclic) bond motifs is 1. The number of rotatable bonds is 12. The molecule has 5 rings (SSSR count). The monoisotopic (exact) mass is 660 g/mol. The van der Waals surface area contributed by atoms with E-state index in [9.17, 15) is 24.3 Å². The summed E-state index contributed by atoms with van der Waals surface area (Å²) in [5.74, 6) is -1.23. The molecule has 4 amide bonds. The lowest BCUT2D eigenvalue weighted by atomic mass is 9.96. The highest BCUT2D eigenvalue weighted by Crippen LogP contribution is 2.20. The Hall–Kier alpha value is -5.10. The lowest BCUT2D eigenvalue weighted by molar-refractivity contribution is -0.139. The molecule has 0 aliphatic heterocycles. The Bertz CT molecular complexity index is 1690. The normalized spacial score (nSPS) is 13.8. The summed E-state index contributed by atoms with van der Waals surface area (Å²) in [6.07, 6.45) is 4.32. The first-order chi connectivity index (χ1) is 22.7. The van der Waals surface area contributed by atoms with Gasteiger partial charge in [-0.2, -0.15) is 0 Å². The second kappa shape index (κ2) is 15.9. The number of imidazole rings is 1. The van der Waals surface area contributed by atoms with E-state index in [-0.39, 0.29) is 43.9 Å². The maximum atomic E-state index is 13.5. The van der Waals surface area contributed by atoms with Crippen molar-refractivity contribution in [2.24, 2.45) is 0 Å². The van der Waals surface area contributed by atoms with Gasteiger partial charge in [0.15, 0.2) is 0 Å². The summed E-state index contributed by atoms with van der Waals surface area (Å²) in [5, 5.41) is 18.1. The highest BCUT2D eigenvalue weighted by molar-refractivity contribution is 6.31. The van der Waals surface area contributed by atoms with Crippen molar-refractivity contribution in [3.05, 3.63) is 100 Å². The van der Waals surface area contributed by atoms with Crippen LogP contribution in [0.2, 0.25) is 5.02 Å². The zero-order valence-corrected chi connectivity index (χ0v) is 26.5. The molecule has 1 heterocycles. The number of H-pyrrole nitrogens is 1. The fourth-order valence-electron chi connectivity index (χ4n) is 5.39. The number of aromatic amines is 1. The van der Waals surface area contributed by atoms with E-state index >= 15 is 0 Å². The SMILES string of the molecule is O=C(NC(CNC(=O)c1ccc(CN(Cc2nc3ccc(Cl)cc3[nH]2)C(=O)NC2CCCCC2)cc1)C(=O)O)OCc1ccccc1. The molecule has 0 saturated heterocycles. The van der Waals surface area contributed by atoms with Crippen molar-refractivity contribution in [3.63, 3.8) is 0 Å². The molecule has 0 spiro atoms. The number of aliphatic carboxylic acids is 1. The van der Waals surface area contributed by atoms with Crippen molar-refractivity contribution in [2.45, 2.75) is 63.9 Å². The van der Waals surface area contributed by atoms with Gasteiger partial charge in [0.25, 0.3) is 5.91 Å². The Labute approximate surface area is 276 Å². The number of hydrogen-bond donors (Lipinski definition) is 5. The van der Waals surface area contributed by atoms with Gasteiger partial charge in [-0.15, -0.1) is 0 Å². The number of nitrogens with zero attached hydrogens (tertiary/aromatic N) is 2. The van der Waals surface area contributed by atoms with Crippen LogP contribution < -0.4 is 16.0 Å². The summed E-state index contributed by atoms with van der Waals surface area (Å²) >= 11 is 6.14. The number of aromatic nitrogens is 2. The van der Waals surface area contributed by atoms with Crippen molar-refractivity contribution in [1.82, 2.24) is 30.8 Å². The van der Waals surface area contributed by atoms with E-state index in [1.54, 1.807) is 65.6 Å². The van der Waals surface area contributed by atoms with Crippen LogP contribution in [0.3, 0.4) is 0 Å². The largest absolute Gasteiger partial charge is 0.480 e. The molecule has 1 saturated carbocycles. The molecule has 1 fully saturated rings. The van der Waals surface area contributed by atoms with Gasteiger partial charge in [0, 0.05) is 29.7 Å². The van der Waals surface area contributed by atoms with E-state index in [0.717, 1.165) is 47.8 Å². The number of carboxylic acids is 1. The molecule has 1 unspecified atom stereocenters. The molecule has 1 aromatic heterocycles. The molecule has 12 nitrogen and oxygen atoms in total. The number of ether oxygens (including phenoxy) is 1. The predicted molar refractivity (Wildman–Crippen MR) is 176 cm³/mol. The summed E-state index contributed by atoms with van der Waals surface area (Å²) < 4.78 is 5.09. The van der Waals surface area contributed by atoms with Gasteiger partial charge in [0.1, 0.15) is 18.5 Å². The molecule has 4 aromatic rings. The fourth-order valence-corrected chi connectivity index (χ4v) is 5.56. The summed E-state index contributed by atoms with van der Waals surface area (Å²) in [7, 11) is 0. The molecule has 0 radical (unpaired) electrons. The first-order valence-electron chi connectivity index (χ1n) is 15.5. The van der Waals surface area contributed by atoms with Gasteiger partial charge in [-0.25, -0.2) is 19.4 Å². The molecule has 1 aliphatic carbocycles. The van der Waals surface area contributed by atoms with Crippen LogP contribution in [0.15, 0.2) is 72.8 Å². The lowest BCUT2D eigenvalue weighted by Crippen LogP contribution is -2.48. The first-order valence-corrected chi connectivity index (χ1v) is 15.9. The Morgan fingerprint density at radius 1 is 0.957 bits per heavy atom. The van der Waals surface area contributed by atoms with E-state index in [0.29, 0.717) is 10.8 Å². The number of alkyl carbamates (subject to hydrolysis) is 1. The molecule has 1 atom stereocenters. The second-order valence-corrected chi connectivity index (χ2v) is 11.9. The Morgan fingerprint density at radius 2 is 1.70 bits per heavy atom. The van der Waals surface area contributed by atoms with Crippen LogP contribution >= 0.6 is 11.6 Å². The second-order valence-electron chi connectivity index (χ2n) is 11.5. The van der Waals surface area contributed by atoms with Gasteiger partial charge >= 0.3 is 18.1 Å². The third kappa shape index (κ3) is 9.69. The maximum absolute atomic E-state index is 13.5. The van der Waals surface area contributed by atoms with Gasteiger partial charge < -0.3 is 35.7 Å². The summed E-state index contributed by atoms with van der Waals surface area (Å²) in [5.41, 5.74) is 3.35. The summed E-state index contributed by atoms with van der Waals surface area (Å²) in [6, 6.07) is 19.5. The minimum Gasteiger partial charge on any atom is -0.480 e. The number of amides is 4. The lowest BCUT2D eigenvalue weighted by Gasteiger charge is -2.28. The Balaban J connectivity index is 1.19. The van der Waals surface area contributed by atoms with Crippen LogP contribution in [0.1, 0.15) is 59.4 Å². The zero-order chi connectivity index (χ0) is 33.2. The minimum absolute atomic E-state index is 0.0233. The quantitative estimate of drug-likeness (QED) is 0.136. The molecule has 0 bridgehead atoms. The number of urea groups is 1. The number of carbonyl (C=O) groups excluding carboxylic acids is 3. The van der Waals surface area contributed by atoms with Crippen molar-refractivity contribution < 1.29 is 29.0 Å². The third-order valence-electron chi connectivity index (χ3n) is 7.91. The maximum Gasteiger partial charge on any atom is 0.408 e. The number of benzene rings is 3. The van der Waals surface area contributed by atoms with E-state index in [1.807, 2.05) is 12.1 Å². The number of carboxylic acid groups (broad SMARTS) is 1. The van der Waals surface area contributed by atoms with Crippen molar-refractivity contribution in [2.75, 3.05) is 6.54 Å². The summed E-state index contributed by atoms with van der Waals surface area (Å²) in [6.45, 7) is 0.109. The van der Waals surface area contributed by atoms with Gasteiger partial charge in [-0.1, -0.05) is 73.3 Å². The average molecular weight is 661 g/mol. The van der Waals surface area contributed by atoms with Gasteiger partial charge in [-0.3, -0.25) is 4.79 Å². The topological polar surface area (TPSA) is 166 Å². The molecule has 5 N–H and O–H groups in total. The van der Waals surface area contributed by atoms with E-state index in [2.05, 4.69) is 25.9 Å². The number of halogens is 1. The van der Waals surface area contributed by atoms with Crippen molar-refractivity contribution in [3.8, 4) is 0 Å². The molecule has 13 heteroatoms. The first kappa shape index (κ1) is 33.3. The van der Waals surface area contributed by atoms with Crippen LogP contribution in [0.4, 0.5) is 9.59 Å². The average Bonchev–Trinajstić information content (AvgIpc) is 3.47. The molecule has 47 heavy (non-hydrogen) atoms. The molecular weight excluding hydrogens is 624 g/mol. The van der Waals surface area contributed by atoms with Crippen molar-refractivity contribution in [1.29, 1.82) is 0 Å². The van der Waals surface area contributed by atoms with E-state index < -0.39 is 24.0 Å². The van der Waals surface area contributed by atoms with Gasteiger partial charge in [0.2, 0.25) is 0 Å². The number of hydrogen-bond acceptors (Lipinski definition) is 6. The smallest absolute Gasteiger partial charge is 0.408 e. The van der Waals surface area contributed by atoms with Crippen LogP contribution in [0.5, 0.6) is 0 Å². The molecule has 246 valence electrons. The number of nitrogens with one attached hydrogen (secondary N) is 4. The van der Waals surface area contributed by atoms with Crippen molar-refractivity contribution >= 4 is 46.6 Å². The highest BCUT2D eigenvalue weighted by Gasteiger charge is 2.23. The summed E-state index contributed by atoms with van der Waals surface area (Å²) in [4.78, 5) is 59.7. The van der Waals surface area contributed by atoms with Gasteiger partial charge in [0.05, 0.1) is 17.6 Å². The highest BCUT2D eigenvalue weighted by atomic mass is 35.5. The van der Waals surface area contributed by atoms with E-state index in [4.69, 9.17) is 16.3 Å². The van der Waals surface area contributed by atoms with Crippen LogP contribution in [-0.2, 0) is 29.2 Å². The molecule has 1 aliphatic rings. The zero-order valence-electron chi connectivity index (χ0n) is 25.7. The predicted octanol–water partition coefficient (Wildman–Crippen LogP) is 5.37. The standard InChI is InChI=1S/C34H37ClN6O6/c35-25-15-16-27-28(17-25)39-30(38-27)20-41(33(45)37-26-9-5-2-6-10-26)19-22-11-13-24(14-12-22)31(42)36-18-29(32(43)44)40-34(46)47-21-23-7-3-1-4-8-23/h1,3-4,7-8,11-17,26,29H,2,5-6,9-10,18-21H2,(H,36,42)(H,37,45)(H,38,39)(H,40,46)(H,43,44). The molecule has 3 aromatic carbocycles. The van der Waals surface area contributed by atoms with E-state index in [1.165, 1.54) is 6.42 Å². The van der Waals surface area contributed by atoms with Gasteiger partial charge in [-0.05, 0) is 54.3 Å². The number of carbonyl (C=O) groups is 4. The Morgan fingerprint density at radius 3 is 2.43 bits per heavy atom. The fraction of sp³-hybridized carbons (Fsp3) is 0.324. The van der Waals surface area contributed by atoms with Crippen LogP contribution in [-0.4, -0.2) is 62.6 Å². The van der Waals surface area contributed by atoms with Crippen LogP contribution in [0, 0.1) is 0 Å². The minimum atomic E-state index is -1.40. The third-order valence-corrected chi connectivity index (χ3v) is 8.15.